The number of halogens is 1. The fraction of sp³-hybridized carbons (Fsp3) is 0. The zero-order valence-corrected chi connectivity index (χ0v) is 15.1. The first kappa shape index (κ1) is 17.1. The van der Waals surface area contributed by atoms with Crippen molar-refractivity contribution >= 4 is 23.8 Å². The average Bonchev–Trinajstić information content (AvgIpc) is 3.13. The van der Waals surface area contributed by atoms with Gasteiger partial charge in [0.25, 0.3) is 0 Å². The molecule has 0 aliphatic heterocycles. The molecule has 1 N–H and O–H groups in total. The van der Waals surface area contributed by atoms with Crippen LogP contribution in [0.1, 0.15) is 11.4 Å². The molecule has 0 atom stereocenters. The third kappa shape index (κ3) is 3.76. The Morgan fingerprint density at radius 3 is 2.26 bits per heavy atom. The number of aromatic hydroxyl groups is 1. The Morgan fingerprint density at radius 2 is 1.52 bits per heavy atom. The molecule has 0 saturated carbocycles. The van der Waals surface area contributed by atoms with Crippen molar-refractivity contribution in [2.24, 2.45) is 0 Å². The van der Waals surface area contributed by atoms with Crippen molar-refractivity contribution in [3.05, 3.63) is 95.3 Å². The van der Waals surface area contributed by atoms with Crippen LogP contribution >= 0.6 is 11.6 Å². The van der Waals surface area contributed by atoms with E-state index in [0.717, 1.165) is 11.3 Å². The first-order chi connectivity index (χ1) is 13.2. The highest BCUT2D eigenvalue weighted by Gasteiger charge is 2.15. The molecule has 3 aromatic carbocycles. The first-order valence-electron chi connectivity index (χ1n) is 8.45. The highest BCUT2D eigenvalue weighted by atomic mass is 35.5. The number of rotatable bonds is 4. The van der Waals surface area contributed by atoms with Crippen LogP contribution in [0.3, 0.4) is 0 Å². The maximum absolute atomic E-state index is 10.3. The van der Waals surface area contributed by atoms with Crippen molar-refractivity contribution in [3.63, 3.8) is 0 Å². The molecule has 0 bridgehead atoms. The summed E-state index contributed by atoms with van der Waals surface area (Å²) in [6, 6.07) is 24.4. The molecule has 0 spiro atoms. The first-order valence-corrected chi connectivity index (χ1v) is 8.83. The topological polar surface area (TPSA) is 50.9 Å². The fourth-order valence-corrected chi connectivity index (χ4v) is 2.86. The summed E-state index contributed by atoms with van der Waals surface area (Å²) in [5.74, 6) is 1.29. The Kier molecular flexibility index (Phi) is 4.73. The Bertz CT molecular complexity index is 1090. The number of phenolic OH excluding ortho intramolecular Hbond substituents is 1. The van der Waals surface area contributed by atoms with E-state index in [2.05, 4.69) is 10.1 Å². The Labute approximate surface area is 162 Å². The van der Waals surface area contributed by atoms with Gasteiger partial charge in [-0.25, -0.2) is 9.67 Å². The van der Waals surface area contributed by atoms with E-state index in [9.17, 15) is 5.11 Å². The van der Waals surface area contributed by atoms with Gasteiger partial charge in [-0.15, -0.1) is 5.10 Å². The standard InChI is InChI=1S/C22H16ClN3O/c23-17-13-10-16(11-14-17)12-15-21-24-22(19-8-4-5-9-20(19)27)26(25-21)18-6-2-1-3-7-18/h1-15,27H. The summed E-state index contributed by atoms with van der Waals surface area (Å²) in [6.45, 7) is 0. The minimum absolute atomic E-state index is 0.162. The van der Waals surface area contributed by atoms with Gasteiger partial charge in [0.2, 0.25) is 0 Å². The summed E-state index contributed by atoms with van der Waals surface area (Å²) in [6.07, 6.45) is 3.77. The minimum Gasteiger partial charge on any atom is -0.507 e. The van der Waals surface area contributed by atoms with E-state index < -0.39 is 0 Å². The molecular formula is C22H16ClN3O. The van der Waals surface area contributed by atoms with Crippen LogP contribution in [0.2, 0.25) is 5.02 Å². The molecule has 0 saturated heterocycles. The molecule has 4 nitrogen and oxygen atoms in total. The van der Waals surface area contributed by atoms with Crippen LogP contribution in [0.5, 0.6) is 5.75 Å². The number of hydrogen-bond acceptors (Lipinski definition) is 3. The second-order valence-corrected chi connectivity index (χ2v) is 6.38. The summed E-state index contributed by atoms with van der Waals surface area (Å²) in [4.78, 5) is 4.63. The summed E-state index contributed by atoms with van der Waals surface area (Å²) in [7, 11) is 0. The van der Waals surface area contributed by atoms with Crippen molar-refractivity contribution in [2.45, 2.75) is 0 Å². The van der Waals surface area contributed by atoms with E-state index in [1.54, 1.807) is 16.8 Å². The normalized spacial score (nSPS) is 11.1. The quantitative estimate of drug-likeness (QED) is 0.516. The summed E-state index contributed by atoms with van der Waals surface area (Å²) >= 11 is 5.93. The van der Waals surface area contributed by atoms with Crippen LogP contribution in [0.15, 0.2) is 78.9 Å². The van der Waals surface area contributed by atoms with Gasteiger partial charge in [-0.3, -0.25) is 0 Å². The van der Waals surface area contributed by atoms with E-state index in [1.165, 1.54) is 0 Å². The molecule has 1 aromatic heterocycles. The molecule has 27 heavy (non-hydrogen) atoms. The SMILES string of the molecule is Oc1ccccc1-c1nc(C=Cc2ccc(Cl)cc2)nn1-c1ccccc1. The average molecular weight is 374 g/mol. The number of phenols is 1. The molecule has 0 radical (unpaired) electrons. The van der Waals surface area contributed by atoms with Gasteiger partial charge in [0.05, 0.1) is 11.3 Å². The third-order valence-electron chi connectivity index (χ3n) is 4.06. The lowest BCUT2D eigenvalue weighted by atomic mass is 10.2. The molecule has 0 fully saturated rings. The van der Waals surface area contributed by atoms with Gasteiger partial charge in [0.1, 0.15) is 5.75 Å². The largest absolute Gasteiger partial charge is 0.507 e. The highest BCUT2D eigenvalue weighted by molar-refractivity contribution is 6.30. The molecule has 4 rings (SSSR count). The van der Waals surface area contributed by atoms with E-state index in [0.29, 0.717) is 22.2 Å². The lowest BCUT2D eigenvalue weighted by Gasteiger charge is -2.06. The zero-order valence-electron chi connectivity index (χ0n) is 14.3. The smallest absolute Gasteiger partial charge is 0.175 e. The van der Waals surface area contributed by atoms with E-state index >= 15 is 0 Å². The van der Waals surface area contributed by atoms with Crippen molar-refractivity contribution in [2.75, 3.05) is 0 Å². The van der Waals surface area contributed by atoms with Crippen LogP contribution in [-0.4, -0.2) is 19.9 Å². The fourth-order valence-electron chi connectivity index (χ4n) is 2.73. The second-order valence-electron chi connectivity index (χ2n) is 5.94. The lowest BCUT2D eigenvalue weighted by molar-refractivity contribution is 0.476. The van der Waals surface area contributed by atoms with E-state index in [4.69, 9.17) is 11.6 Å². The maximum Gasteiger partial charge on any atom is 0.175 e. The van der Waals surface area contributed by atoms with Crippen LogP contribution in [0, 0.1) is 0 Å². The van der Waals surface area contributed by atoms with E-state index in [-0.39, 0.29) is 5.75 Å². The van der Waals surface area contributed by atoms with Crippen LogP contribution in [0.4, 0.5) is 0 Å². The summed E-state index contributed by atoms with van der Waals surface area (Å²) in [5.41, 5.74) is 2.49. The third-order valence-corrected chi connectivity index (χ3v) is 4.32. The van der Waals surface area contributed by atoms with Crippen LogP contribution < -0.4 is 0 Å². The second kappa shape index (κ2) is 7.48. The highest BCUT2D eigenvalue weighted by Crippen LogP contribution is 2.29. The van der Waals surface area contributed by atoms with Gasteiger partial charge in [-0.2, -0.15) is 0 Å². The minimum atomic E-state index is 0.162. The van der Waals surface area contributed by atoms with Gasteiger partial charge in [-0.05, 0) is 48.0 Å². The van der Waals surface area contributed by atoms with Crippen LogP contribution in [0.25, 0.3) is 29.2 Å². The number of para-hydroxylation sites is 2. The summed E-state index contributed by atoms with van der Waals surface area (Å²) in [5, 5.41) is 15.6. The maximum atomic E-state index is 10.3. The molecule has 0 aliphatic carbocycles. The predicted molar refractivity (Wildman–Crippen MR) is 109 cm³/mol. The monoisotopic (exact) mass is 373 g/mol. The number of benzene rings is 3. The number of hydrogen-bond donors (Lipinski definition) is 1. The molecule has 1 heterocycles. The Balaban J connectivity index is 1.78. The molecule has 5 heteroatoms. The van der Waals surface area contributed by atoms with Crippen LogP contribution in [-0.2, 0) is 0 Å². The van der Waals surface area contributed by atoms with Gasteiger partial charge < -0.3 is 5.11 Å². The van der Waals surface area contributed by atoms with E-state index in [1.807, 2.05) is 78.9 Å². The summed E-state index contributed by atoms with van der Waals surface area (Å²) < 4.78 is 1.73. The van der Waals surface area contributed by atoms with Crippen molar-refractivity contribution < 1.29 is 5.11 Å². The van der Waals surface area contributed by atoms with Crippen molar-refractivity contribution in [1.82, 2.24) is 14.8 Å². The Morgan fingerprint density at radius 1 is 0.815 bits per heavy atom. The lowest BCUT2D eigenvalue weighted by Crippen LogP contribution is -1.99. The molecule has 132 valence electrons. The molecule has 4 aromatic rings. The van der Waals surface area contributed by atoms with Crippen molar-refractivity contribution in [3.8, 4) is 22.8 Å². The van der Waals surface area contributed by atoms with Gasteiger partial charge in [0.15, 0.2) is 11.6 Å². The van der Waals surface area contributed by atoms with Gasteiger partial charge >= 0.3 is 0 Å². The van der Waals surface area contributed by atoms with Crippen molar-refractivity contribution in [1.29, 1.82) is 0 Å². The Hall–Kier alpha value is -3.37. The predicted octanol–water partition coefficient (Wildman–Crippen LogP) is 5.46. The zero-order chi connectivity index (χ0) is 18.6. The molecule has 0 aliphatic rings. The number of nitrogens with zero attached hydrogens (tertiary/aromatic N) is 3. The molecule has 0 unspecified atom stereocenters. The van der Waals surface area contributed by atoms with Gasteiger partial charge in [0, 0.05) is 5.02 Å². The van der Waals surface area contributed by atoms with Gasteiger partial charge in [-0.1, -0.05) is 60.1 Å². The molecular weight excluding hydrogens is 358 g/mol. The molecule has 0 amide bonds. The number of aromatic nitrogens is 3.